The van der Waals surface area contributed by atoms with Crippen LogP contribution in [0.15, 0.2) is 18.2 Å². The zero-order valence-corrected chi connectivity index (χ0v) is 19.6. The van der Waals surface area contributed by atoms with Crippen molar-refractivity contribution in [1.82, 2.24) is 0 Å². The Labute approximate surface area is 191 Å². The first kappa shape index (κ1) is 28.2. The summed E-state index contributed by atoms with van der Waals surface area (Å²) in [6.45, 7) is 11.4. The van der Waals surface area contributed by atoms with Gasteiger partial charge in [0, 0.05) is 23.7 Å². The first-order chi connectivity index (χ1) is 15.6. The Balaban J connectivity index is 2.07. The largest absolute Gasteiger partial charge is 0.491 e. The normalized spacial score (nSPS) is 12.0. The second kappa shape index (κ2) is 18.7. The number of carbonyl (C=O) groups is 2. The molecule has 0 aliphatic carbocycles. The van der Waals surface area contributed by atoms with E-state index in [1.54, 1.807) is 18.2 Å². The molecule has 0 saturated carbocycles. The Kier molecular flexibility index (Phi) is 16.5. The number of carbonyl (C=O) groups excluding carboxylic acids is 2. The van der Waals surface area contributed by atoms with Crippen LogP contribution in [0.25, 0.3) is 0 Å². The van der Waals surface area contributed by atoms with Gasteiger partial charge >= 0.3 is 0 Å². The van der Waals surface area contributed by atoms with Crippen LogP contribution in [0.2, 0.25) is 0 Å². The van der Waals surface area contributed by atoms with E-state index in [0.717, 1.165) is 0 Å². The van der Waals surface area contributed by atoms with Gasteiger partial charge in [0.15, 0.2) is 12.1 Å². The molecule has 1 atom stereocenters. The fraction of sp³-hybridized carbons (Fsp3) is 0.667. The lowest BCUT2D eigenvalue weighted by Crippen LogP contribution is -2.15. The summed E-state index contributed by atoms with van der Waals surface area (Å²) in [5.74, 6) is 0.351. The monoisotopic (exact) mass is 454 g/mol. The fourth-order valence-electron chi connectivity index (χ4n) is 2.63. The molecule has 8 nitrogen and oxygen atoms in total. The Bertz CT molecular complexity index is 634. The number of ketones is 1. The molecule has 0 amide bonds. The standard InChI is InChI=1S/C24H38O8/c1-4-20(3)24(26)23-18-22(7-6-21(23)19-25)32-17-16-31-15-14-30-13-12-29-11-10-28-9-8-27-5-2/h6-7,18-20H,4-5,8-17H2,1-3H3. The molecule has 1 aromatic rings. The van der Waals surface area contributed by atoms with E-state index < -0.39 is 0 Å². The lowest BCUT2D eigenvalue weighted by atomic mass is 9.94. The summed E-state index contributed by atoms with van der Waals surface area (Å²) in [7, 11) is 0. The van der Waals surface area contributed by atoms with E-state index in [2.05, 4.69) is 0 Å². The molecule has 0 spiro atoms. The van der Waals surface area contributed by atoms with Gasteiger partial charge in [-0.25, -0.2) is 0 Å². The summed E-state index contributed by atoms with van der Waals surface area (Å²) < 4.78 is 32.5. The lowest BCUT2D eigenvalue weighted by Gasteiger charge is -2.12. The van der Waals surface area contributed by atoms with Crippen molar-refractivity contribution in [1.29, 1.82) is 0 Å². The maximum absolute atomic E-state index is 12.5. The number of rotatable bonds is 21. The summed E-state index contributed by atoms with van der Waals surface area (Å²) >= 11 is 0. The number of benzene rings is 1. The van der Waals surface area contributed by atoms with Crippen LogP contribution >= 0.6 is 0 Å². The molecule has 0 aliphatic heterocycles. The number of hydrogen-bond acceptors (Lipinski definition) is 8. The van der Waals surface area contributed by atoms with Crippen LogP contribution in [-0.4, -0.2) is 84.7 Å². The highest BCUT2D eigenvalue weighted by molar-refractivity contribution is 6.04. The average Bonchev–Trinajstić information content (AvgIpc) is 2.82. The molecule has 0 aromatic heterocycles. The first-order valence-electron chi connectivity index (χ1n) is 11.3. The molecule has 1 aromatic carbocycles. The van der Waals surface area contributed by atoms with Crippen molar-refractivity contribution >= 4 is 12.1 Å². The van der Waals surface area contributed by atoms with Gasteiger partial charge < -0.3 is 28.4 Å². The highest BCUT2D eigenvalue weighted by Crippen LogP contribution is 2.21. The Morgan fingerprint density at radius 2 is 1.31 bits per heavy atom. The molecule has 0 saturated heterocycles. The number of hydrogen-bond donors (Lipinski definition) is 0. The highest BCUT2D eigenvalue weighted by atomic mass is 16.6. The quantitative estimate of drug-likeness (QED) is 0.159. The Morgan fingerprint density at radius 1 is 0.812 bits per heavy atom. The van der Waals surface area contributed by atoms with Crippen molar-refractivity contribution in [2.24, 2.45) is 5.92 Å². The maximum Gasteiger partial charge on any atom is 0.166 e. The van der Waals surface area contributed by atoms with Gasteiger partial charge in [-0.3, -0.25) is 9.59 Å². The van der Waals surface area contributed by atoms with Crippen LogP contribution in [0.5, 0.6) is 5.75 Å². The third kappa shape index (κ3) is 12.3. The molecule has 0 aliphatic rings. The second-order valence-corrected chi connectivity index (χ2v) is 7.04. The molecule has 1 unspecified atom stereocenters. The molecule has 8 heteroatoms. The molecule has 1 rings (SSSR count). The van der Waals surface area contributed by atoms with Crippen molar-refractivity contribution in [3.05, 3.63) is 29.3 Å². The van der Waals surface area contributed by atoms with Gasteiger partial charge in [-0.1, -0.05) is 13.8 Å². The Hall–Kier alpha value is -1.84. The van der Waals surface area contributed by atoms with E-state index >= 15 is 0 Å². The molecule has 0 radical (unpaired) electrons. The van der Waals surface area contributed by atoms with Crippen LogP contribution < -0.4 is 4.74 Å². The molecular weight excluding hydrogens is 416 g/mol. The molecule has 0 bridgehead atoms. The molecule has 0 fully saturated rings. The zero-order valence-electron chi connectivity index (χ0n) is 19.6. The van der Waals surface area contributed by atoms with Crippen molar-refractivity contribution < 1.29 is 38.0 Å². The van der Waals surface area contributed by atoms with Crippen molar-refractivity contribution in [3.63, 3.8) is 0 Å². The van der Waals surface area contributed by atoms with Crippen molar-refractivity contribution in [2.75, 3.05) is 72.7 Å². The molecule has 32 heavy (non-hydrogen) atoms. The minimum atomic E-state index is -0.142. The van der Waals surface area contributed by atoms with Gasteiger partial charge in [-0.05, 0) is 31.5 Å². The van der Waals surface area contributed by atoms with Crippen LogP contribution in [-0.2, 0) is 23.7 Å². The highest BCUT2D eigenvalue weighted by Gasteiger charge is 2.17. The van der Waals surface area contributed by atoms with Crippen LogP contribution in [0.4, 0.5) is 0 Å². The van der Waals surface area contributed by atoms with E-state index in [0.29, 0.717) is 102 Å². The van der Waals surface area contributed by atoms with Gasteiger partial charge in [-0.15, -0.1) is 0 Å². The van der Waals surface area contributed by atoms with E-state index in [1.807, 2.05) is 20.8 Å². The van der Waals surface area contributed by atoms with E-state index in [9.17, 15) is 9.59 Å². The van der Waals surface area contributed by atoms with E-state index in [4.69, 9.17) is 28.4 Å². The minimum absolute atomic E-state index is 0.0495. The summed E-state index contributed by atoms with van der Waals surface area (Å²) in [4.78, 5) is 23.7. The predicted octanol–water partition coefficient (Wildman–Crippen LogP) is 3.21. The summed E-state index contributed by atoms with van der Waals surface area (Å²) in [6.07, 6.45) is 1.42. The topological polar surface area (TPSA) is 89.5 Å². The van der Waals surface area contributed by atoms with Crippen LogP contribution in [0.3, 0.4) is 0 Å². The Morgan fingerprint density at radius 3 is 1.78 bits per heavy atom. The second-order valence-electron chi connectivity index (χ2n) is 7.04. The smallest absolute Gasteiger partial charge is 0.166 e. The SMILES string of the molecule is CCOCCOCCOCCOCCOCCOc1ccc(C=O)c(C(=O)C(C)CC)c1. The van der Waals surface area contributed by atoms with Gasteiger partial charge in [-0.2, -0.15) is 0 Å². The molecule has 182 valence electrons. The fourth-order valence-corrected chi connectivity index (χ4v) is 2.63. The van der Waals surface area contributed by atoms with Crippen LogP contribution in [0.1, 0.15) is 47.9 Å². The predicted molar refractivity (Wildman–Crippen MR) is 121 cm³/mol. The van der Waals surface area contributed by atoms with E-state index in [1.165, 1.54) is 0 Å². The van der Waals surface area contributed by atoms with Gasteiger partial charge in [0.05, 0.1) is 59.5 Å². The first-order valence-corrected chi connectivity index (χ1v) is 11.3. The van der Waals surface area contributed by atoms with Crippen LogP contribution in [0, 0.1) is 5.92 Å². The lowest BCUT2D eigenvalue weighted by molar-refractivity contribution is -0.0119. The summed E-state index contributed by atoms with van der Waals surface area (Å²) in [5.41, 5.74) is 0.787. The van der Waals surface area contributed by atoms with Crippen molar-refractivity contribution in [2.45, 2.75) is 27.2 Å². The third-order valence-corrected chi connectivity index (χ3v) is 4.67. The molecule has 0 N–H and O–H groups in total. The van der Waals surface area contributed by atoms with E-state index in [-0.39, 0.29) is 11.7 Å². The third-order valence-electron chi connectivity index (χ3n) is 4.67. The van der Waals surface area contributed by atoms with Gasteiger partial charge in [0.1, 0.15) is 12.4 Å². The van der Waals surface area contributed by atoms with Gasteiger partial charge in [0.25, 0.3) is 0 Å². The minimum Gasteiger partial charge on any atom is -0.491 e. The van der Waals surface area contributed by atoms with Crippen molar-refractivity contribution in [3.8, 4) is 5.75 Å². The summed E-state index contributed by atoms with van der Waals surface area (Å²) in [6, 6.07) is 4.93. The zero-order chi connectivity index (χ0) is 23.4. The number of Topliss-reactive ketones (excluding diaryl/α,β-unsaturated/α-hetero) is 1. The maximum atomic E-state index is 12.5. The number of aldehydes is 1. The summed E-state index contributed by atoms with van der Waals surface area (Å²) in [5, 5.41) is 0. The molecule has 0 heterocycles. The molecular formula is C24H38O8. The average molecular weight is 455 g/mol. The number of ether oxygens (including phenoxy) is 6. The van der Waals surface area contributed by atoms with Gasteiger partial charge in [0.2, 0.25) is 0 Å².